The molecule has 0 saturated heterocycles. The highest BCUT2D eigenvalue weighted by Crippen LogP contribution is 2.37. The first-order valence-corrected chi connectivity index (χ1v) is 7.78. The molecule has 0 unspecified atom stereocenters. The minimum absolute atomic E-state index is 0.134. The Bertz CT molecular complexity index is 530. The molecule has 5 nitrogen and oxygen atoms in total. The molecule has 0 radical (unpaired) electrons. The number of nitrogens with zero attached hydrogens (tertiary/aromatic N) is 1. The first-order chi connectivity index (χ1) is 9.56. The number of hydrogen-bond donors (Lipinski definition) is 1. The van der Waals surface area contributed by atoms with Gasteiger partial charge in [0.2, 0.25) is 5.91 Å². The lowest BCUT2D eigenvalue weighted by Crippen LogP contribution is -2.26. The Morgan fingerprint density at radius 1 is 1.50 bits per heavy atom. The van der Waals surface area contributed by atoms with Crippen LogP contribution in [0.2, 0.25) is 0 Å². The molecule has 1 aromatic rings. The predicted octanol–water partition coefficient (Wildman–Crippen LogP) is 2.09. The van der Waals surface area contributed by atoms with Crippen LogP contribution in [0, 0.1) is 0 Å². The van der Waals surface area contributed by atoms with Crippen LogP contribution in [0.1, 0.15) is 27.7 Å². The Labute approximate surface area is 126 Å². The molecular formula is C13H17ClN2O3S. The van der Waals surface area contributed by atoms with Crippen molar-refractivity contribution in [3.8, 4) is 0 Å². The zero-order valence-corrected chi connectivity index (χ0v) is 13.1. The smallest absolute Gasteiger partial charge is 0.341 e. The zero-order valence-electron chi connectivity index (χ0n) is 11.5. The number of amides is 1. The van der Waals surface area contributed by atoms with Crippen molar-refractivity contribution < 1.29 is 14.3 Å². The fraction of sp³-hybridized carbons (Fsp3) is 0.538. The van der Waals surface area contributed by atoms with Gasteiger partial charge in [0, 0.05) is 18.0 Å². The lowest BCUT2D eigenvalue weighted by Gasteiger charge is -2.22. The molecule has 2 heterocycles. The highest BCUT2D eigenvalue weighted by Gasteiger charge is 2.28. The molecule has 0 atom stereocenters. The number of carbonyl (C=O) groups is 2. The molecule has 1 aromatic heterocycles. The minimum atomic E-state index is -0.376. The second-order valence-electron chi connectivity index (χ2n) is 4.60. The van der Waals surface area contributed by atoms with E-state index in [2.05, 4.69) is 10.2 Å². The molecule has 110 valence electrons. The summed E-state index contributed by atoms with van der Waals surface area (Å²) >= 11 is 6.94. The Morgan fingerprint density at radius 2 is 2.25 bits per heavy atom. The number of alkyl halides is 1. The summed E-state index contributed by atoms with van der Waals surface area (Å²) in [5.74, 6) is -0.825. The van der Waals surface area contributed by atoms with Crippen molar-refractivity contribution in [1.82, 2.24) is 4.90 Å². The first kappa shape index (κ1) is 15.3. The van der Waals surface area contributed by atoms with Crippen LogP contribution in [0.5, 0.6) is 0 Å². The van der Waals surface area contributed by atoms with Crippen LogP contribution in [0.25, 0.3) is 0 Å². The molecule has 0 fully saturated rings. The summed E-state index contributed by atoms with van der Waals surface area (Å²) in [5.41, 5.74) is 1.50. The number of hydrogen-bond acceptors (Lipinski definition) is 5. The summed E-state index contributed by atoms with van der Waals surface area (Å²) in [5, 5.41) is 3.25. The summed E-state index contributed by atoms with van der Waals surface area (Å²) in [4.78, 5) is 26.9. The third-order valence-electron chi connectivity index (χ3n) is 3.10. The normalized spacial score (nSPS) is 14.8. The van der Waals surface area contributed by atoms with Crippen LogP contribution in [0.4, 0.5) is 5.00 Å². The number of fused-ring (bicyclic) bond motifs is 1. The largest absolute Gasteiger partial charge is 0.462 e. The van der Waals surface area contributed by atoms with Crippen molar-refractivity contribution in [3.63, 3.8) is 0 Å². The number of rotatable bonds is 4. The van der Waals surface area contributed by atoms with E-state index in [1.54, 1.807) is 6.92 Å². The minimum Gasteiger partial charge on any atom is -0.462 e. The van der Waals surface area contributed by atoms with Crippen molar-refractivity contribution in [2.75, 3.05) is 31.4 Å². The zero-order chi connectivity index (χ0) is 14.7. The Morgan fingerprint density at radius 3 is 2.90 bits per heavy atom. The van der Waals surface area contributed by atoms with Gasteiger partial charge in [-0.25, -0.2) is 4.79 Å². The molecular weight excluding hydrogens is 300 g/mol. The molecule has 0 saturated carbocycles. The Balaban J connectivity index is 2.39. The van der Waals surface area contributed by atoms with Gasteiger partial charge in [0.1, 0.15) is 10.9 Å². The average molecular weight is 317 g/mol. The lowest BCUT2D eigenvalue weighted by molar-refractivity contribution is -0.113. The van der Waals surface area contributed by atoms with Crippen LogP contribution < -0.4 is 5.32 Å². The van der Waals surface area contributed by atoms with E-state index in [4.69, 9.17) is 16.3 Å². The standard InChI is InChI=1S/C13H17ClN2O3S/c1-3-19-13(18)11-8-4-5-16(2)7-9(8)20-12(11)15-10(17)6-14/h3-7H2,1-2H3,(H,15,17). The second-order valence-corrected chi connectivity index (χ2v) is 5.97. The molecule has 0 aliphatic carbocycles. The van der Waals surface area contributed by atoms with Gasteiger partial charge in [0.25, 0.3) is 0 Å². The maximum absolute atomic E-state index is 12.1. The SMILES string of the molecule is CCOC(=O)c1c(NC(=O)CCl)sc2c1CCN(C)C2. The topological polar surface area (TPSA) is 58.6 Å². The van der Waals surface area contributed by atoms with E-state index in [1.165, 1.54) is 11.3 Å². The van der Waals surface area contributed by atoms with E-state index in [9.17, 15) is 9.59 Å². The summed E-state index contributed by atoms with van der Waals surface area (Å²) in [6, 6.07) is 0. The van der Waals surface area contributed by atoms with Gasteiger partial charge in [-0.2, -0.15) is 0 Å². The summed E-state index contributed by atoms with van der Waals surface area (Å²) in [7, 11) is 2.03. The van der Waals surface area contributed by atoms with Gasteiger partial charge in [0.15, 0.2) is 0 Å². The van der Waals surface area contributed by atoms with Crippen molar-refractivity contribution >= 4 is 39.8 Å². The van der Waals surface area contributed by atoms with Crippen molar-refractivity contribution in [1.29, 1.82) is 0 Å². The number of anilines is 1. The van der Waals surface area contributed by atoms with Crippen molar-refractivity contribution in [2.45, 2.75) is 19.9 Å². The molecule has 20 heavy (non-hydrogen) atoms. The molecule has 7 heteroatoms. The monoisotopic (exact) mass is 316 g/mol. The van der Waals surface area contributed by atoms with Crippen LogP contribution in [-0.4, -0.2) is 42.9 Å². The fourth-order valence-corrected chi connectivity index (χ4v) is 3.60. The number of likely N-dealkylation sites (N-methyl/N-ethyl adjacent to an activating group) is 1. The number of nitrogens with one attached hydrogen (secondary N) is 1. The van der Waals surface area contributed by atoms with Crippen LogP contribution >= 0.6 is 22.9 Å². The molecule has 0 bridgehead atoms. The van der Waals surface area contributed by atoms with E-state index in [1.807, 2.05) is 7.05 Å². The van der Waals surface area contributed by atoms with E-state index in [0.717, 1.165) is 30.0 Å². The quantitative estimate of drug-likeness (QED) is 0.682. The van der Waals surface area contributed by atoms with Gasteiger partial charge in [-0.3, -0.25) is 4.79 Å². The van der Waals surface area contributed by atoms with Crippen molar-refractivity contribution in [2.24, 2.45) is 0 Å². The maximum atomic E-state index is 12.1. The Kier molecular flexibility index (Phi) is 5.01. The van der Waals surface area contributed by atoms with Crippen LogP contribution in [0.15, 0.2) is 0 Å². The van der Waals surface area contributed by atoms with E-state index >= 15 is 0 Å². The lowest BCUT2D eigenvalue weighted by atomic mass is 10.0. The van der Waals surface area contributed by atoms with Gasteiger partial charge < -0.3 is 15.0 Å². The molecule has 1 aliphatic heterocycles. The highest BCUT2D eigenvalue weighted by atomic mass is 35.5. The summed E-state index contributed by atoms with van der Waals surface area (Å²) in [6.45, 7) is 3.75. The fourth-order valence-electron chi connectivity index (χ4n) is 2.20. The van der Waals surface area contributed by atoms with Crippen molar-refractivity contribution in [3.05, 3.63) is 16.0 Å². The van der Waals surface area contributed by atoms with Gasteiger partial charge in [-0.15, -0.1) is 22.9 Å². The predicted molar refractivity (Wildman–Crippen MR) is 79.7 cm³/mol. The molecule has 1 aliphatic rings. The molecule has 0 aromatic carbocycles. The summed E-state index contributed by atoms with van der Waals surface area (Å²) < 4.78 is 5.10. The van der Waals surface area contributed by atoms with Gasteiger partial charge in [0.05, 0.1) is 12.2 Å². The number of halogens is 1. The Hall–Kier alpha value is -1.11. The van der Waals surface area contributed by atoms with E-state index < -0.39 is 0 Å². The summed E-state index contributed by atoms with van der Waals surface area (Å²) in [6.07, 6.45) is 0.785. The number of ether oxygens (including phenoxy) is 1. The first-order valence-electron chi connectivity index (χ1n) is 6.42. The number of carbonyl (C=O) groups excluding carboxylic acids is 2. The molecule has 1 N–H and O–H groups in total. The van der Waals surface area contributed by atoms with Gasteiger partial charge in [-0.05, 0) is 26.0 Å². The third-order valence-corrected chi connectivity index (χ3v) is 4.48. The van der Waals surface area contributed by atoms with Crippen LogP contribution in [-0.2, 0) is 22.5 Å². The van der Waals surface area contributed by atoms with E-state index in [0.29, 0.717) is 17.2 Å². The number of thiophene rings is 1. The van der Waals surface area contributed by atoms with Gasteiger partial charge >= 0.3 is 5.97 Å². The molecule has 0 spiro atoms. The van der Waals surface area contributed by atoms with Gasteiger partial charge in [-0.1, -0.05) is 0 Å². The molecule has 1 amide bonds. The van der Waals surface area contributed by atoms with E-state index in [-0.39, 0.29) is 17.8 Å². The maximum Gasteiger partial charge on any atom is 0.341 e. The highest BCUT2D eigenvalue weighted by molar-refractivity contribution is 7.17. The molecule has 2 rings (SSSR count). The van der Waals surface area contributed by atoms with Crippen LogP contribution in [0.3, 0.4) is 0 Å². The second kappa shape index (κ2) is 6.56. The average Bonchev–Trinajstić information content (AvgIpc) is 2.75. The third kappa shape index (κ3) is 3.13. The number of esters is 1.